The van der Waals surface area contributed by atoms with E-state index in [4.69, 9.17) is 5.73 Å². The quantitative estimate of drug-likeness (QED) is 0.853. The van der Waals surface area contributed by atoms with Crippen LogP contribution in [0.3, 0.4) is 0 Å². The number of para-hydroxylation sites is 1. The number of aryl methyl sites for hydroxylation is 1. The van der Waals surface area contributed by atoms with Gasteiger partial charge in [-0.05, 0) is 31.9 Å². The standard InChI is InChI=1S/C15H19FN4/c1-10-18-19-15(12-8-5-9-13(16)14(12)17)20(10)11-6-3-2-4-7-11/h5,8-9,11H,2-4,6-7,17H2,1H3. The fraction of sp³-hybridized carbons (Fsp3) is 0.467. The molecule has 1 aromatic carbocycles. The van der Waals surface area contributed by atoms with Crippen LogP contribution in [-0.2, 0) is 0 Å². The van der Waals surface area contributed by atoms with Gasteiger partial charge in [0.05, 0.1) is 5.69 Å². The number of nitrogen functional groups attached to an aromatic ring is 1. The summed E-state index contributed by atoms with van der Waals surface area (Å²) in [6.07, 6.45) is 5.98. The van der Waals surface area contributed by atoms with Crippen LogP contribution >= 0.6 is 0 Å². The third-order valence-electron chi connectivity index (χ3n) is 4.10. The van der Waals surface area contributed by atoms with E-state index in [1.807, 2.05) is 6.92 Å². The van der Waals surface area contributed by atoms with Crippen LogP contribution in [0.15, 0.2) is 18.2 Å². The number of nitrogens with zero attached hydrogens (tertiary/aromatic N) is 3. The number of benzene rings is 1. The zero-order chi connectivity index (χ0) is 14.1. The Morgan fingerprint density at radius 1 is 1.20 bits per heavy atom. The summed E-state index contributed by atoms with van der Waals surface area (Å²) in [6.45, 7) is 1.95. The van der Waals surface area contributed by atoms with Crippen LogP contribution in [0.1, 0.15) is 44.0 Å². The van der Waals surface area contributed by atoms with Gasteiger partial charge in [-0.3, -0.25) is 0 Å². The predicted octanol–water partition coefficient (Wildman–Crippen LogP) is 3.48. The lowest BCUT2D eigenvalue weighted by atomic mass is 9.95. The molecule has 0 unspecified atom stereocenters. The first-order chi connectivity index (χ1) is 9.68. The van der Waals surface area contributed by atoms with Gasteiger partial charge < -0.3 is 10.3 Å². The first-order valence-corrected chi connectivity index (χ1v) is 7.14. The first kappa shape index (κ1) is 13.1. The Hall–Kier alpha value is -1.91. The Labute approximate surface area is 117 Å². The average Bonchev–Trinajstić information content (AvgIpc) is 2.84. The molecular formula is C15H19FN4. The topological polar surface area (TPSA) is 56.7 Å². The monoisotopic (exact) mass is 274 g/mol. The minimum absolute atomic E-state index is 0.150. The first-order valence-electron chi connectivity index (χ1n) is 7.14. The van der Waals surface area contributed by atoms with Crippen molar-refractivity contribution in [3.63, 3.8) is 0 Å². The van der Waals surface area contributed by atoms with Gasteiger partial charge in [-0.1, -0.05) is 25.3 Å². The molecule has 0 amide bonds. The molecule has 0 atom stereocenters. The van der Waals surface area contributed by atoms with E-state index in [0.717, 1.165) is 18.7 Å². The molecule has 0 saturated heterocycles. The molecular weight excluding hydrogens is 255 g/mol. The summed E-state index contributed by atoms with van der Waals surface area (Å²) in [5.41, 5.74) is 6.65. The molecule has 4 nitrogen and oxygen atoms in total. The SMILES string of the molecule is Cc1nnc(-c2cccc(F)c2N)n1C1CCCCC1. The molecule has 1 aliphatic rings. The third kappa shape index (κ3) is 2.17. The van der Waals surface area contributed by atoms with Gasteiger partial charge in [-0.15, -0.1) is 10.2 Å². The summed E-state index contributed by atoms with van der Waals surface area (Å²) in [5, 5.41) is 8.40. The highest BCUT2D eigenvalue weighted by Gasteiger charge is 2.23. The number of aromatic nitrogens is 3. The van der Waals surface area contributed by atoms with Crippen molar-refractivity contribution in [2.75, 3.05) is 5.73 Å². The number of rotatable bonds is 2. The Kier molecular flexibility index (Phi) is 3.42. The molecule has 1 aromatic heterocycles. The fourth-order valence-electron chi connectivity index (χ4n) is 3.06. The predicted molar refractivity (Wildman–Crippen MR) is 76.7 cm³/mol. The molecule has 1 heterocycles. The number of hydrogen-bond donors (Lipinski definition) is 1. The van der Waals surface area contributed by atoms with Gasteiger partial charge in [0.1, 0.15) is 11.6 Å². The fourth-order valence-corrected chi connectivity index (χ4v) is 3.06. The molecule has 3 rings (SSSR count). The second kappa shape index (κ2) is 5.23. The maximum Gasteiger partial charge on any atom is 0.166 e. The zero-order valence-corrected chi connectivity index (χ0v) is 11.6. The van der Waals surface area contributed by atoms with Crippen molar-refractivity contribution < 1.29 is 4.39 Å². The minimum Gasteiger partial charge on any atom is -0.396 e. The van der Waals surface area contributed by atoms with Crippen LogP contribution in [0.25, 0.3) is 11.4 Å². The van der Waals surface area contributed by atoms with E-state index in [1.54, 1.807) is 12.1 Å². The van der Waals surface area contributed by atoms with E-state index < -0.39 is 5.82 Å². The van der Waals surface area contributed by atoms with E-state index in [9.17, 15) is 4.39 Å². The maximum absolute atomic E-state index is 13.7. The highest BCUT2D eigenvalue weighted by atomic mass is 19.1. The molecule has 106 valence electrons. The van der Waals surface area contributed by atoms with Gasteiger partial charge in [0.2, 0.25) is 0 Å². The molecule has 20 heavy (non-hydrogen) atoms. The van der Waals surface area contributed by atoms with Crippen molar-refractivity contribution in [1.82, 2.24) is 14.8 Å². The van der Waals surface area contributed by atoms with Crippen LogP contribution in [0.2, 0.25) is 0 Å². The lowest BCUT2D eigenvalue weighted by molar-refractivity contribution is 0.350. The second-order valence-electron chi connectivity index (χ2n) is 5.43. The normalized spacial score (nSPS) is 16.5. The molecule has 0 radical (unpaired) electrons. The molecule has 1 fully saturated rings. The highest BCUT2D eigenvalue weighted by molar-refractivity contribution is 5.72. The Morgan fingerprint density at radius 3 is 2.70 bits per heavy atom. The summed E-state index contributed by atoms with van der Waals surface area (Å²) in [4.78, 5) is 0. The Morgan fingerprint density at radius 2 is 1.95 bits per heavy atom. The number of halogens is 1. The Bertz CT molecular complexity index is 614. The van der Waals surface area contributed by atoms with Crippen molar-refractivity contribution in [1.29, 1.82) is 0 Å². The van der Waals surface area contributed by atoms with E-state index in [1.165, 1.54) is 25.3 Å². The van der Waals surface area contributed by atoms with Crippen molar-refractivity contribution in [2.24, 2.45) is 0 Å². The van der Waals surface area contributed by atoms with Gasteiger partial charge >= 0.3 is 0 Å². The smallest absolute Gasteiger partial charge is 0.166 e. The molecule has 2 N–H and O–H groups in total. The van der Waals surface area contributed by atoms with Crippen LogP contribution < -0.4 is 5.73 Å². The molecule has 0 aliphatic heterocycles. The lowest BCUT2D eigenvalue weighted by Gasteiger charge is -2.25. The zero-order valence-electron chi connectivity index (χ0n) is 11.6. The van der Waals surface area contributed by atoms with Crippen LogP contribution in [0, 0.1) is 12.7 Å². The maximum atomic E-state index is 13.7. The number of hydrogen-bond acceptors (Lipinski definition) is 3. The third-order valence-corrected chi connectivity index (χ3v) is 4.10. The summed E-state index contributed by atoms with van der Waals surface area (Å²) >= 11 is 0. The van der Waals surface area contributed by atoms with Gasteiger partial charge in [0.25, 0.3) is 0 Å². The minimum atomic E-state index is -0.404. The average molecular weight is 274 g/mol. The van der Waals surface area contributed by atoms with Crippen molar-refractivity contribution >= 4 is 5.69 Å². The van der Waals surface area contributed by atoms with Crippen molar-refractivity contribution in [2.45, 2.75) is 45.1 Å². The lowest BCUT2D eigenvalue weighted by Crippen LogP contribution is -2.15. The van der Waals surface area contributed by atoms with Crippen LogP contribution in [0.4, 0.5) is 10.1 Å². The summed E-state index contributed by atoms with van der Waals surface area (Å²) < 4.78 is 15.8. The highest BCUT2D eigenvalue weighted by Crippen LogP contribution is 2.34. The number of anilines is 1. The van der Waals surface area contributed by atoms with E-state index >= 15 is 0 Å². The Balaban J connectivity index is 2.08. The van der Waals surface area contributed by atoms with Gasteiger partial charge in [0.15, 0.2) is 5.82 Å². The molecule has 2 aromatic rings. The molecule has 1 saturated carbocycles. The second-order valence-corrected chi connectivity index (χ2v) is 5.43. The van der Waals surface area contributed by atoms with E-state index in [2.05, 4.69) is 14.8 Å². The molecule has 1 aliphatic carbocycles. The summed E-state index contributed by atoms with van der Waals surface area (Å²) in [6, 6.07) is 5.24. The van der Waals surface area contributed by atoms with Crippen molar-refractivity contribution in [3.8, 4) is 11.4 Å². The van der Waals surface area contributed by atoms with Gasteiger partial charge in [-0.2, -0.15) is 0 Å². The number of nitrogens with two attached hydrogens (primary N) is 1. The summed E-state index contributed by atoms with van der Waals surface area (Å²) in [7, 11) is 0. The molecule has 0 bridgehead atoms. The van der Waals surface area contributed by atoms with Crippen LogP contribution in [-0.4, -0.2) is 14.8 Å². The summed E-state index contributed by atoms with van der Waals surface area (Å²) in [5.74, 6) is 1.15. The van der Waals surface area contributed by atoms with Crippen LogP contribution in [0.5, 0.6) is 0 Å². The molecule has 5 heteroatoms. The van der Waals surface area contributed by atoms with E-state index in [-0.39, 0.29) is 5.69 Å². The molecule has 0 spiro atoms. The largest absolute Gasteiger partial charge is 0.396 e. The van der Waals surface area contributed by atoms with Crippen molar-refractivity contribution in [3.05, 3.63) is 29.8 Å². The van der Waals surface area contributed by atoms with Gasteiger partial charge in [0, 0.05) is 11.6 Å². The van der Waals surface area contributed by atoms with Gasteiger partial charge in [-0.25, -0.2) is 4.39 Å². The van der Waals surface area contributed by atoms with E-state index in [0.29, 0.717) is 17.4 Å².